The summed E-state index contributed by atoms with van der Waals surface area (Å²) in [6, 6.07) is 24.6. The molecule has 0 saturated carbocycles. The molecule has 2 atom stereocenters. The summed E-state index contributed by atoms with van der Waals surface area (Å²) in [5.41, 5.74) is 22.7. The highest BCUT2D eigenvalue weighted by Gasteiger charge is 2.45. The Morgan fingerprint density at radius 1 is 0.750 bits per heavy atom. The molecule has 0 radical (unpaired) electrons. The van der Waals surface area contributed by atoms with Gasteiger partial charge < -0.3 is 16.0 Å². The number of benzene rings is 4. The molecule has 1 aliphatic rings. The van der Waals surface area contributed by atoms with Crippen molar-refractivity contribution in [3.8, 4) is 39.1 Å². The molecule has 2 unspecified atom stereocenters. The normalized spacial score (nSPS) is 14.5. The second-order valence-corrected chi connectivity index (χ2v) is 13.9. The van der Waals surface area contributed by atoms with Gasteiger partial charge in [-0.2, -0.15) is 0 Å². The summed E-state index contributed by atoms with van der Waals surface area (Å²) in [4.78, 5) is 0. The Morgan fingerprint density at radius 2 is 1.33 bits per heavy atom. The molecule has 4 aromatic carbocycles. The molecule has 1 aliphatic heterocycles. The monoisotopic (exact) mass is 513 g/mol. The summed E-state index contributed by atoms with van der Waals surface area (Å²) < 4.78 is 20.3. The van der Waals surface area contributed by atoms with Crippen LogP contribution in [-0.4, -0.2) is 6.16 Å². The Hall–Kier alpha value is -3.19. The Labute approximate surface area is 215 Å². The van der Waals surface area contributed by atoms with E-state index in [1.807, 2.05) is 43.3 Å². The standard InChI is InChI=1S/C30H31N2O2P2/c1-4-19-8-7-9-26-28(19)25-18-20(5-2)27(21-10-14-23(31)15-11-21)29(22-12-16-24(32)17-13-22)30(25)36(34-26)35(33)6-3/h7-18H,4-6,31-32H2,1-3H3/q+1. The van der Waals surface area contributed by atoms with Gasteiger partial charge in [-0.15, -0.1) is 0 Å². The maximum absolute atomic E-state index is 13.6. The van der Waals surface area contributed by atoms with Crippen molar-refractivity contribution in [2.45, 2.75) is 33.6 Å². The van der Waals surface area contributed by atoms with E-state index in [1.165, 1.54) is 11.1 Å². The molecule has 0 fully saturated rings. The zero-order chi connectivity index (χ0) is 25.4. The van der Waals surface area contributed by atoms with Crippen molar-refractivity contribution in [2.24, 2.45) is 0 Å². The number of hydrogen-bond donors (Lipinski definition) is 2. The maximum Gasteiger partial charge on any atom is 0.403 e. The number of hydrogen-bond acceptors (Lipinski definition) is 4. The smallest absolute Gasteiger partial charge is 0.403 e. The fourth-order valence-electron chi connectivity index (χ4n) is 4.98. The summed E-state index contributed by atoms with van der Waals surface area (Å²) in [6.45, 7) is 6.34. The minimum atomic E-state index is -1.59. The highest BCUT2D eigenvalue weighted by atomic mass is 32.1. The van der Waals surface area contributed by atoms with E-state index in [0.29, 0.717) is 11.8 Å². The van der Waals surface area contributed by atoms with Gasteiger partial charge in [0.05, 0.1) is 5.30 Å². The van der Waals surface area contributed by atoms with Crippen LogP contribution in [0.15, 0.2) is 72.8 Å². The number of fused-ring (bicyclic) bond motifs is 3. The summed E-state index contributed by atoms with van der Waals surface area (Å²) in [5.74, 6) is 0.843. The Balaban J connectivity index is 1.96. The lowest BCUT2D eigenvalue weighted by Crippen LogP contribution is -2.19. The SMILES string of the molecule is CCc1cccc2c1-c1cc(CC)c(-c3ccc(N)cc3)c(-c3ccc(N)cc3)c1P([P+](=O)CC)O2. The van der Waals surface area contributed by atoms with Crippen molar-refractivity contribution in [3.05, 3.63) is 83.9 Å². The highest BCUT2D eigenvalue weighted by Crippen LogP contribution is 2.66. The van der Waals surface area contributed by atoms with E-state index >= 15 is 0 Å². The van der Waals surface area contributed by atoms with E-state index in [2.05, 4.69) is 50.2 Å². The molecule has 4 aromatic rings. The van der Waals surface area contributed by atoms with Gasteiger partial charge in [0, 0.05) is 28.1 Å². The second kappa shape index (κ2) is 10.1. The lowest BCUT2D eigenvalue weighted by molar-refractivity contribution is 0.588. The molecule has 1 heterocycles. The van der Waals surface area contributed by atoms with Crippen LogP contribution in [0.5, 0.6) is 5.75 Å². The minimum absolute atomic E-state index is 0.567. The van der Waals surface area contributed by atoms with Gasteiger partial charge in [-0.3, -0.25) is 0 Å². The van der Waals surface area contributed by atoms with Gasteiger partial charge in [0.1, 0.15) is 11.9 Å². The number of aryl methyl sites for hydroxylation is 2. The third-order valence-corrected chi connectivity index (χ3v) is 11.8. The zero-order valence-electron chi connectivity index (χ0n) is 20.9. The lowest BCUT2D eigenvalue weighted by Gasteiger charge is -2.29. The van der Waals surface area contributed by atoms with Gasteiger partial charge in [-0.05, 0) is 84.0 Å². The fourth-order valence-corrected chi connectivity index (χ4v) is 9.40. The molecular formula is C30H31N2O2P2+. The molecule has 4 N–H and O–H groups in total. The second-order valence-electron chi connectivity index (χ2n) is 8.96. The number of nitrogens with two attached hydrogens (primary N) is 2. The van der Waals surface area contributed by atoms with Crippen LogP contribution in [0, 0.1) is 0 Å². The Kier molecular flexibility index (Phi) is 6.84. The molecule has 0 amide bonds. The molecular weight excluding hydrogens is 482 g/mol. The minimum Gasteiger partial charge on any atom is -0.428 e. The van der Waals surface area contributed by atoms with Gasteiger partial charge in [-0.1, -0.05) is 54.8 Å². The summed E-state index contributed by atoms with van der Waals surface area (Å²) in [7, 11) is -2.97. The first-order chi connectivity index (χ1) is 17.5. The van der Waals surface area contributed by atoms with Gasteiger partial charge in [0.25, 0.3) is 0 Å². The largest absolute Gasteiger partial charge is 0.428 e. The molecule has 36 heavy (non-hydrogen) atoms. The highest BCUT2D eigenvalue weighted by molar-refractivity contribution is 8.25. The van der Waals surface area contributed by atoms with Gasteiger partial charge in [-0.25, -0.2) is 0 Å². The quantitative estimate of drug-likeness (QED) is 0.201. The first-order valence-corrected chi connectivity index (χ1v) is 15.8. The van der Waals surface area contributed by atoms with E-state index in [1.54, 1.807) is 0 Å². The maximum atomic E-state index is 13.6. The van der Waals surface area contributed by atoms with E-state index in [-0.39, 0.29) is 0 Å². The van der Waals surface area contributed by atoms with E-state index in [4.69, 9.17) is 16.0 Å². The molecule has 0 aromatic heterocycles. The van der Waals surface area contributed by atoms with Crippen LogP contribution < -0.4 is 21.3 Å². The van der Waals surface area contributed by atoms with Crippen LogP contribution in [-0.2, 0) is 17.4 Å². The third-order valence-electron chi connectivity index (χ3n) is 6.77. The fraction of sp³-hybridized carbons (Fsp3) is 0.200. The van der Waals surface area contributed by atoms with Gasteiger partial charge in [0.15, 0.2) is 0 Å². The van der Waals surface area contributed by atoms with Crippen molar-refractivity contribution in [2.75, 3.05) is 17.6 Å². The average molecular weight is 514 g/mol. The lowest BCUT2D eigenvalue weighted by atomic mass is 9.84. The molecule has 6 heteroatoms. The summed E-state index contributed by atoms with van der Waals surface area (Å²) >= 11 is 0. The molecule has 182 valence electrons. The predicted molar refractivity (Wildman–Crippen MR) is 156 cm³/mol. The van der Waals surface area contributed by atoms with E-state index < -0.39 is 15.3 Å². The summed E-state index contributed by atoms with van der Waals surface area (Å²) in [5, 5.41) is 1.06. The van der Waals surface area contributed by atoms with Crippen LogP contribution >= 0.6 is 15.3 Å². The van der Waals surface area contributed by atoms with Crippen molar-refractivity contribution < 1.29 is 9.09 Å². The zero-order valence-corrected chi connectivity index (χ0v) is 22.7. The first kappa shape index (κ1) is 24.5. The molecule has 0 aliphatic carbocycles. The number of anilines is 2. The van der Waals surface area contributed by atoms with Crippen LogP contribution in [0.3, 0.4) is 0 Å². The van der Waals surface area contributed by atoms with E-state index in [9.17, 15) is 4.57 Å². The van der Waals surface area contributed by atoms with Gasteiger partial charge >= 0.3 is 15.3 Å². The summed E-state index contributed by atoms with van der Waals surface area (Å²) in [6.07, 6.45) is 2.32. The van der Waals surface area contributed by atoms with Gasteiger partial charge in [0.2, 0.25) is 0 Å². The molecule has 0 saturated heterocycles. The van der Waals surface area contributed by atoms with Crippen LogP contribution in [0.4, 0.5) is 11.4 Å². The first-order valence-electron chi connectivity index (χ1n) is 12.4. The molecule has 0 bridgehead atoms. The van der Waals surface area contributed by atoms with Crippen molar-refractivity contribution in [3.63, 3.8) is 0 Å². The Morgan fingerprint density at radius 3 is 1.89 bits per heavy atom. The predicted octanol–water partition coefficient (Wildman–Crippen LogP) is 8.15. The average Bonchev–Trinajstić information content (AvgIpc) is 2.91. The van der Waals surface area contributed by atoms with Crippen molar-refractivity contribution in [1.82, 2.24) is 0 Å². The number of rotatable bonds is 6. The number of nitrogen functional groups attached to an aromatic ring is 2. The van der Waals surface area contributed by atoms with Crippen LogP contribution in [0.2, 0.25) is 0 Å². The van der Waals surface area contributed by atoms with E-state index in [0.717, 1.165) is 63.0 Å². The van der Waals surface area contributed by atoms with Crippen molar-refractivity contribution >= 4 is 32.0 Å². The van der Waals surface area contributed by atoms with Crippen molar-refractivity contribution in [1.29, 1.82) is 0 Å². The molecule has 5 rings (SSSR count). The Bertz CT molecular complexity index is 1450. The van der Waals surface area contributed by atoms with Crippen LogP contribution in [0.1, 0.15) is 31.9 Å². The molecule has 4 nitrogen and oxygen atoms in total. The third kappa shape index (κ3) is 4.19. The van der Waals surface area contributed by atoms with Crippen LogP contribution in [0.25, 0.3) is 33.4 Å². The molecule has 0 spiro atoms. The topological polar surface area (TPSA) is 78.3 Å².